The molecule has 1 aromatic rings. The normalized spacial score (nSPS) is 19.7. The number of pyridine rings is 1. The molecule has 1 aliphatic rings. The van der Waals surface area contributed by atoms with Gasteiger partial charge < -0.3 is 10.1 Å². The fourth-order valence-corrected chi connectivity index (χ4v) is 2.78. The summed E-state index contributed by atoms with van der Waals surface area (Å²) < 4.78 is 5.84. The summed E-state index contributed by atoms with van der Waals surface area (Å²) in [6.07, 6.45) is 5.70. The Bertz CT molecular complexity index is 392. The molecule has 0 amide bonds. The molecule has 1 heterocycles. The number of rotatable bonds is 7. The first-order valence-electron chi connectivity index (χ1n) is 7.51. The Kier molecular flexibility index (Phi) is 5.34. The molecule has 1 aromatic heterocycles. The lowest BCUT2D eigenvalue weighted by atomic mass is 9.97. The molecule has 0 aliphatic heterocycles. The van der Waals surface area contributed by atoms with Crippen molar-refractivity contribution in [1.29, 1.82) is 0 Å². The second-order valence-electron chi connectivity index (χ2n) is 5.64. The molecule has 3 nitrogen and oxygen atoms in total. The van der Waals surface area contributed by atoms with Crippen molar-refractivity contribution in [3.05, 3.63) is 29.6 Å². The number of aromatic nitrogens is 1. The van der Waals surface area contributed by atoms with Crippen LogP contribution in [0.4, 0.5) is 0 Å². The molecule has 0 aromatic carbocycles. The molecule has 0 spiro atoms. The monoisotopic (exact) mass is 262 g/mol. The zero-order valence-electron chi connectivity index (χ0n) is 12.4. The van der Waals surface area contributed by atoms with Crippen LogP contribution >= 0.6 is 0 Å². The SMILES string of the molecule is CCCNC(COC(C)C)C1CCc2cccnc21. The Morgan fingerprint density at radius 2 is 2.32 bits per heavy atom. The van der Waals surface area contributed by atoms with Crippen molar-refractivity contribution in [3.8, 4) is 0 Å². The van der Waals surface area contributed by atoms with Crippen molar-refractivity contribution in [2.45, 2.75) is 58.1 Å². The van der Waals surface area contributed by atoms with Crippen molar-refractivity contribution in [1.82, 2.24) is 10.3 Å². The molecule has 2 atom stereocenters. The third kappa shape index (κ3) is 3.77. The van der Waals surface area contributed by atoms with Gasteiger partial charge in [0.1, 0.15) is 0 Å². The Balaban J connectivity index is 2.05. The first kappa shape index (κ1) is 14.5. The van der Waals surface area contributed by atoms with Crippen LogP contribution in [0.2, 0.25) is 0 Å². The minimum Gasteiger partial charge on any atom is -0.377 e. The number of nitrogens with zero attached hydrogens (tertiary/aromatic N) is 1. The van der Waals surface area contributed by atoms with E-state index in [2.05, 4.69) is 37.1 Å². The van der Waals surface area contributed by atoms with Gasteiger partial charge in [-0.2, -0.15) is 0 Å². The van der Waals surface area contributed by atoms with E-state index >= 15 is 0 Å². The molecule has 2 rings (SSSR count). The number of ether oxygens (including phenoxy) is 1. The third-order valence-corrected chi connectivity index (χ3v) is 3.75. The molecule has 0 saturated carbocycles. The van der Waals surface area contributed by atoms with E-state index in [1.54, 1.807) is 0 Å². The van der Waals surface area contributed by atoms with E-state index in [1.807, 2.05) is 12.3 Å². The lowest BCUT2D eigenvalue weighted by molar-refractivity contribution is 0.0553. The Morgan fingerprint density at radius 3 is 3.05 bits per heavy atom. The third-order valence-electron chi connectivity index (χ3n) is 3.75. The van der Waals surface area contributed by atoms with Crippen LogP contribution < -0.4 is 5.32 Å². The molecule has 1 N–H and O–H groups in total. The smallest absolute Gasteiger partial charge is 0.0629 e. The second kappa shape index (κ2) is 7.01. The van der Waals surface area contributed by atoms with Gasteiger partial charge in [0, 0.05) is 23.9 Å². The second-order valence-corrected chi connectivity index (χ2v) is 5.64. The van der Waals surface area contributed by atoms with E-state index in [-0.39, 0.29) is 6.10 Å². The number of hydrogen-bond donors (Lipinski definition) is 1. The first-order chi connectivity index (χ1) is 9.22. The van der Waals surface area contributed by atoms with Gasteiger partial charge in [0.15, 0.2) is 0 Å². The average Bonchev–Trinajstić information content (AvgIpc) is 2.83. The summed E-state index contributed by atoms with van der Waals surface area (Å²) in [5.74, 6) is 0.501. The highest BCUT2D eigenvalue weighted by atomic mass is 16.5. The van der Waals surface area contributed by atoms with Gasteiger partial charge >= 0.3 is 0 Å². The van der Waals surface area contributed by atoms with Crippen molar-refractivity contribution < 1.29 is 4.74 Å². The molecule has 19 heavy (non-hydrogen) atoms. The topological polar surface area (TPSA) is 34.1 Å². The molecule has 1 aliphatic carbocycles. The molecule has 3 heteroatoms. The van der Waals surface area contributed by atoms with Crippen molar-refractivity contribution >= 4 is 0 Å². The van der Waals surface area contributed by atoms with E-state index in [9.17, 15) is 0 Å². The lowest BCUT2D eigenvalue weighted by Gasteiger charge is -2.26. The summed E-state index contributed by atoms with van der Waals surface area (Å²) in [5, 5.41) is 3.64. The summed E-state index contributed by atoms with van der Waals surface area (Å²) in [5.41, 5.74) is 2.70. The van der Waals surface area contributed by atoms with Crippen LogP contribution in [0.15, 0.2) is 18.3 Å². The molecule has 0 radical (unpaired) electrons. The predicted octanol–water partition coefficient (Wildman–Crippen LogP) is 2.90. The van der Waals surface area contributed by atoms with Crippen molar-refractivity contribution in [2.75, 3.05) is 13.2 Å². The lowest BCUT2D eigenvalue weighted by Crippen LogP contribution is -2.39. The van der Waals surface area contributed by atoms with Gasteiger partial charge in [-0.05, 0) is 51.3 Å². The van der Waals surface area contributed by atoms with Gasteiger partial charge in [-0.15, -0.1) is 0 Å². The largest absolute Gasteiger partial charge is 0.377 e. The highest BCUT2D eigenvalue weighted by Gasteiger charge is 2.30. The zero-order valence-corrected chi connectivity index (χ0v) is 12.4. The molecule has 106 valence electrons. The Morgan fingerprint density at radius 1 is 1.47 bits per heavy atom. The van der Waals surface area contributed by atoms with Gasteiger partial charge in [0.2, 0.25) is 0 Å². The van der Waals surface area contributed by atoms with E-state index in [4.69, 9.17) is 4.74 Å². The van der Waals surface area contributed by atoms with Crippen LogP contribution in [0.5, 0.6) is 0 Å². The maximum absolute atomic E-state index is 5.84. The number of aryl methyl sites for hydroxylation is 1. The van der Waals surface area contributed by atoms with Gasteiger partial charge in [-0.3, -0.25) is 4.98 Å². The molecular weight excluding hydrogens is 236 g/mol. The number of fused-ring (bicyclic) bond motifs is 1. The summed E-state index contributed by atoms with van der Waals surface area (Å²) in [4.78, 5) is 4.60. The zero-order chi connectivity index (χ0) is 13.7. The van der Waals surface area contributed by atoms with Gasteiger partial charge in [0.25, 0.3) is 0 Å². The highest BCUT2D eigenvalue weighted by molar-refractivity contribution is 5.30. The molecule has 0 saturated heterocycles. The minimum atomic E-state index is 0.288. The molecule has 0 bridgehead atoms. The van der Waals surface area contributed by atoms with Gasteiger partial charge in [-0.25, -0.2) is 0 Å². The quantitative estimate of drug-likeness (QED) is 0.820. The van der Waals surface area contributed by atoms with Crippen LogP contribution in [0, 0.1) is 0 Å². The molecule has 2 unspecified atom stereocenters. The van der Waals surface area contributed by atoms with Crippen LogP contribution in [-0.2, 0) is 11.2 Å². The molecular formula is C16H26N2O. The van der Waals surface area contributed by atoms with Crippen LogP contribution in [0.25, 0.3) is 0 Å². The minimum absolute atomic E-state index is 0.288. The van der Waals surface area contributed by atoms with E-state index < -0.39 is 0 Å². The van der Waals surface area contributed by atoms with Gasteiger partial charge in [-0.1, -0.05) is 13.0 Å². The van der Waals surface area contributed by atoms with Crippen molar-refractivity contribution in [3.63, 3.8) is 0 Å². The van der Waals surface area contributed by atoms with Crippen LogP contribution in [0.3, 0.4) is 0 Å². The van der Waals surface area contributed by atoms with E-state index in [0.717, 1.165) is 26.0 Å². The summed E-state index contributed by atoms with van der Waals surface area (Å²) in [7, 11) is 0. The summed E-state index contributed by atoms with van der Waals surface area (Å²) in [6, 6.07) is 4.64. The predicted molar refractivity (Wildman–Crippen MR) is 78.5 cm³/mol. The summed E-state index contributed by atoms with van der Waals surface area (Å²) >= 11 is 0. The number of nitrogens with one attached hydrogen (secondary N) is 1. The Hall–Kier alpha value is -0.930. The van der Waals surface area contributed by atoms with Crippen LogP contribution in [-0.4, -0.2) is 30.3 Å². The van der Waals surface area contributed by atoms with Crippen LogP contribution in [0.1, 0.15) is 50.8 Å². The fraction of sp³-hybridized carbons (Fsp3) is 0.688. The van der Waals surface area contributed by atoms with E-state index in [1.165, 1.54) is 17.7 Å². The highest BCUT2D eigenvalue weighted by Crippen LogP contribution is 2.33. The Labute approximate surface area is 116 Å². The maximum Gasteiger partial charge on any atom is 0.0629 e. The maximum atomic E-state index is 5.84. The van der Waals surface area contributed by atoms with Crippen molar-refractivity contribution in [2.24, 2.45) is 0 Å². The number of hydrogen-bond acceptors (Lipinski definition) is 3. The fourth-order valence-electron chi connectivity index (χ4n) is 2.78. The molecule has 0 fully saturated rings. The van der Waals surface area contributed by atoms with E-state index in [0.29, 0.717) is 12.0 Å². The van der Waals surface area contributed by atoms with Gasteiger partial charge in [0.05, 0.1) is 12.7 Å². The average molecular weight is 262 g/mol. The standard InChI is InChI=1S/C16H26N2O/c1-4-9-17-15(11-19-12(2)3)14-8-7-13-6-5-10-18-16(13)14/h5-6,10,12,14-15,17H,4,7-9,11H2,1-3H3. The first-order valence-corrected chi connectivity index (χ1v) is 7.51. The summed E-state index contributed by atoms with van der Waals surface area (Å²) in [6.45, 7) is 8.22.